The molecule has 20 heteroatoms. The second-order valence-corrected chi connectivity index (χ2v) is 20.9. The average molecular weight is 1390 g/mol. The van der Waals surface area contributed by atoms with E-state index in [-0.39, 0.29) is 40.8 Å². The van der Waals surface area contributed by atoms with E-state index in [0.717, 1.165) is 152 Å². The van der Waals surface area contributed by atoms with Gasteiger partial charge >= 0.3 is 20.4 Å². The Hall–Kier alpha value is -11.4. The first-order valence-corrected chi connectivity index (χ1v) is 28.5. The Morgan fingerprint density at radius 2 is 0.880 bits per heavy atom. The van der Waals surface area contributed by atoms with Crippen molar-refractivity contribution in [3.05, 3.63) is 244 Å². The van der Waals surface area contributed by atoms with Gasteiger partial charge in [0, 0.05) is 109 Å². The number of para-hydroxylation sites is 6. The molecule has 0 bridgehead atoms. The molecule has 0 saturated heterocycles. The van der Waals surface area contributed by atoms with E-state index in [1.807, 2.05) is 140 Å². The minimum absolute atomic E-state index is 0. The molecule has 2 N–H and O–H groups in total. The maximum Gasteiger partial charge on any atom is 2.00 e. The minimum Gasteiger partial charge on any atom is -0.503 e. The second kappa shape index (κ2) is 24.9. The predicted octanol–water partition coefficient (Wildman–Crippen LogP) is 15.5. The number of nitrogens with zero attached hydrogens (tertiary/aromatic N) is 12. The Labute approximate surface area is 549 Å². The number of pyridine rings is 4. The molecule has 18 rings (SSSR count). The molecule has 8 aromatic carbocycles. The summed E-state index contributed by atoms with van der Waals surface area (Å²) in [6.45, 7) is 2.17. The fourth-order valence-electron chi connectivity index (χ4n) is 11.8. The van der Waals surface area contributed by atoms with Crippen molar-refractivity contribution < 1.29 is 70.1 Å². The van der Waals surface area contributed by atoms with Crippen LogP contribution in [0.3, 0.4) is 0 Å². The summed E-state index contributed by atoms with van der Waals surface area (Å²) in [6, 6.07) is 72.1. The van der Waals surface area contributed by atoms with Gasteiger partial charge in [0.05, 0.1) is 38.7 Å². The van der Waals surface area contributed by atoms with E-state index in [1.54, 1.807) is 18.9 Å². The van der Waals surface area contributed by atoms with Crippen LogP contribution in [0.2, 0.25) is 0 Å². The average Bonchev–Trinajstić information content (AvgIpc) is 1.47. The number of hydrogen-bond donors (Lipinski definition) is 2. The summed E-state index contributed by atoms with van der Waals surface area (Å²) in [6.07, 6.45) is 10.5. The van der Waals surface area contributed by atoms with Crippen LogP contribution in [0, 0.1) is 12.1 Å². The van der Waals surface area contributed by atoms with Crippen LogP contribution in [0.15, 0.2) is 232 Å². The largest absolute Gasteiger partial charge is 2.00 e. The number of aromatic nitrogens is 12. The van der Waals surface area contributed by atoms with Crippen LogP contribution in [0.1, 0.15) is 13.8 Å². The summed E-state index contributed by atoms with van der Waals surface area (Å²) in [5, 5.41) is 25.1. The Balaban J connectivity index is 0.000000148. The van der Waals surface area contributed by atoms with Crippen molar-refractivity contribution in [3.8, 4) is 34.6 Å². The molecule has 0 fully saturated rings. The van der Waals surface area contributed by atoms with Gasteiger partial charge in [0.25, 0.3) is 11.9 Å². The molecule has 92 heavy (non-hydrogen) atoms. The van der Waals surface area contributed by atoms with Crippen LogP contribution in [-0.4, -0.2) is 80.0 Å². The van der Waals surface area contributed by atoms with Gasteiger partial charge in [-0.3, -0.25) is 23.5 Å². The van der Waals surface area contributed by atoms with Gasteiger partial charge in [-0.05, 0) is 102 Å². The first-order valence-electron chi connectivity index (χ1n) is 28.5. The van der Waals surface area contributed by atoms with Crippen LogP contribution in [0.5, 0.6) is 23.0 Å². The van der Waals surface area contributed by atoms with Gasteiger partial charge in [-0.2, -0.15) is 6.07 Å². The smallest absolute Gasteiger partial charge is 0.503 e. The van der Waals surface area contributed by atoms with E-state index in [9.17, 15) is 0 Å². The van der Waals surface area contributed by atoms with Gasteiger partial charge in [-0.25, -0.2) is 34.9 Å². The fraction of sp³-hybridized carbons (Fsp3) is 0.0278. The summed E-state index contributed by atoms with van der Waals surface area (Å²) in [5.74, 6) is 2.64. The maximum absolute atomic E-state index is 9.00. The first kappa shape index (κ1) is 59.6. The number of carbonyl (C=O) groups is 2. The number of benzene rings is 8. The Kier molecular flexibility index (Phi) is 16.1. The number of ether oxygens (including phenoxy) is 2. The van der Waals surface area contributed by atoms with Gasteiger partial charge in [-0.1, -0.05) is 95.2 Å². The monoisotopic (exact) mass is 1390 g/mol. The Morgan fingerprint density at radius 3 is 1.50 bits per heavy atom. The van der Waals surface area contributed by atoms with E-state index >= 15 is 0 Å². The molecule has 0 radical (unpaired) electrons. The van der Waals surface area contributed by atoms with Crippen molar-refractivity contribution >= 4 is 133 Å². The molecule has 450 valence electrons. The zero-order valence-electron chi connectivity index (χ0n) is 48.5. The number of carboxylic acids is 2. The number of aliphatic carboxylic acids is 2. The van der Waals surface area contributed by atoms with Gasteiger partial charge in [0.1, 0.15) is 52.7 Å². The summed E-state index contributed by atoms with van der Waals surface area (Å²) in [4.78, 5) is 55.1. The SMILES string of the molecule is CC(=O)O.CC(=O)O.[Pd+2].[Pd].[c-]1c(Oc2[c-]c3c(cc2)c2ccccc2n3-c2ccccn2)ccc2c1c1nc3ccccc3n1c1ncncc21.c1ccc(-n2c3ccccc3c3ccc(Oc4ccc5c6cncnc6n6c7ccccc7nc6c5c4)cc32)nc1. The van der Waals surface area contributed by atoms with Gasteiger partial charge in [0.15, 0.2) is 0 Å². The molecule has 0 aliphatic rings. The van der Waals surface area contributed by atoms with E-state index in [0.29, 0.717) is 11.5 Å². The molecule has 0 aliphatic carbocycles. The molecule has 10 aromatic heterocycles. The Morgan fingerprint density at radius 1 is 0.413 bits per heavy atom. The third-order valence-corrected chi connectivity index (χ3v) is 15.3. The number of hydrogen-bond acceptors (Lipinski definition) is 12. The normalized spacial score (nSPS) is 11.2. The third kappa shape index (κ3) is 10.7. The Bertz CT molecular complexity index is 5510. The zero-order valence-corrected chi connectivity index (χ0v) is 51.6. The number of carboxylic acid groups (broad SMARTS) is 2. The standard InChI is InChI=1S/C34H20N6O.C34H18N6O.2C2H4O2.2Pd/c2*1-3-9-29-24(7-1)25-15-13-22(18-31(25)39(29)32-11-5-6-16-36-32)41-21-12-14-23-26(17-21)34-38-28-8-2-4-10-30(28)40(34)33-27(23)19-35-20-37-33;2*1-2(3)4;;/h1-20H;1-16,19-20H;2*1H3,(H,3,4);;/q;-2;;;;+2. The van der Waals surface area contributed by atoms with Crippen molar-refractivity contribution in [2.45, 2.75) is 13.8 Å². The second-order valence-electron chi connectivity index (χ2n) is 20.9. The van der Waals surface area contributed by atoms with Crippen LogP contribution in [-0.2, 0) is 50.4 Å². The van der Waals surface area contributed by atoms with E-state index in [1.165, 1.54) is 5.39 Å². The minimum atomic E-state index is -0.833. The van der Waals surface area contributed by atoms with Crippen molar-refractivity contribution in [1.29, 1.82) is 0 Å². The third-order valence-electron chi connectivity index (χ3n) is 15.3. The van der Waals surface area contributed by atoms with Crippen molar-refractivity contribution in [2.24, 2.45) is 0 Å². The number of rotatable bonds is 6. The molecule has 18 aromatic rings. The summed E-state index contributed by atoms with van der Waals surface area (Å²) >= 11 is 0. The van der Waals surface area contributed by atoms with Crippen molar-refractivity contribution in [2.75, 3.05) is 0 Å². The van der Waals surface area contributed by atoms with Crippen molar-refractivity contribution in [3.63, 3.8) is 0 Å². The van der Waals surface area contributed by atoms with Gasteiger partial charge in [0.2, 0.25) is 0 Å². The fourth-order valence-corrected chi connectivity index (χ4v) is 11.8. The van der Waals surface area contributed by atoms with Crippen LogP contribution < -0.4 is 9.47 Å². The molecule has 0 spiro atoms. The molecule has 0 aliphatic heterocycles. The van der Waals surface area contributed by atoms with Gasteiger partial charge < -0.3 is 28.7 Å². The van der Waals surface area contributed by atoms with E-state index < -0.39 is 11.9 Å². The van der Waals surface area contributed by atoms with E-state index in [4.69, 9.17) is 39.2 Å². The molecule has 0 saturated carbocycles. The first-order chi connectivity index (χ1) is 44.1. The molecule has 10 heterocycles. The predicted molar refractivity (Wildman–Crippen MR) is 348 cm³/mol. The van der Waals surface area contributed by atoms with Crippen LogP contribution in [0.4, 0.5) is 0 Å². The summed E-state index contributed by atoms with van der Waals surface area (Å²) in [5.41, 5.74) is 11.1. The van der Waals surface area contributed by atoms with Crippen LogP contribution in [0.25, 0.3) is 132 Å². The van der Waals surface area contributed by atoms with E-state index in [2.05, 4.69) is 133 Å². The number of fused-ring (bicyclic) bond motifs is 22. The number of imidazole rings is 2. The molecular weight excluding hydrogens is 1340 g/mol. The summed E-state index contributed by atoms with van der Waals surface area (Å²) in [7, 11) is 0. The summed E-state index contributed by atoms with van der Waals surface area (Å²) < 4.78 is 21.4. The zero-order chi connectivity index (χ0) is 61.0. The molecule has 0 atom stereocenters. The topological polar surface area (TPSA) is 215 Å². The van der Waals surface area contributed by atoms with Crippen molar-refractivity contribution in [1.82, 2.24) is 57.8 Å². The molecule has 0 unspecified atom stereocenters. The quantitative estimate of drug-likeness (QED) is 0.0900. The molecule has 0 amide bonds. The molecule has 18 nitrogen and oxygen atoms in total. The maximum atomic E-state index is 9.00. The van der Waals surface area contributed by atoms with Crippen LogP contribution >= 0.6 is 0 Å². The van der Waals surface area contributed by atoms with Gasteiger partial charge in [-0.15, -0.1) is 29.7 Å². The molecular formula is C72H46N12O6Pd2.